The molecule has 0 aromatic heterocycles. The van der Waals surface area contributed by atoms with Gasteiger partial charge in [-0.25, -0.2) is 4.79 Å². The predicted octanol–water partition coefficient (Wildman–Crippen LogP) is 2.79. The van der Waals surface area contributed by atoms with Crippen LogP contribution < -0.4 is 0 Å². The molecule has 0 saturated carbocycles. The lowest BCUT2D eigenvalue weighted by Gasteiger charge is -2.41. The number of hydrogen-bond donors (Lipinski definition) is 1. The third kappa shape index (κ3) is 4.06. The zero-order valence-corrected chi connectivity index (χ0v) is 14.3. The van der Waals surface area contributed by atoms with Gasteiger partial charge in [-0.2, -0.15) is 0 Å². The highest BCUT2D eigenvalue weighted by Crippen LogP contribution is 2.26. The van der Waals surface area contributed by atoms with Crippen molar-refractivity contribution >= 4 is 11.9 Å². The molecule has 1 atom stereocenters. The van der Waals surface area contributed by atoms with Gasteiger partial charge in [-0.15, -0.1) is 0 Å². The van der Waals surface area contributed by atoms with Gasteiger partial charge in [-0.3, -0.25) is 9.69 Å². The Balaban J connectivity index is 1.73. The summed E-state index contributed by atoms with van der Waals surface area (Å²) in [5.74, 6) is -0.815. The summed E-state index contributed by atoms with van der Waals surface area (Å²) < 4.78 is 0. The minimum absolute atomic E-state index is 0.0470. The van der Waals surface area contributed by atoms with E-state index in [2.05, 4.69) is 17.0 Å². The third-order valence-electron chi connectivity index (χ3n) is 4.66. The number of piperazine rings is 1. The van der Waals surface area contributed by atoms with E-state index >= 15 is 0 Å². The van der Waals surface area contributed by atoms with Gasteiger partial charge < -0.3 is 10.0 Å². The van der Waals surface area contributed by atoms with E-state index in [0.29, 0.717) is 12.1 Å². The molecule has 2 aromatic rings. The summed E-state index contributed by atoms with van der Waals surface area (Å²) in [5, 5.41) is 8.99. The van der Waals surface area contributed by atoms with Crippen LogP contribution in [0.4, 0.5) is 0 Å². The van der Waals surface area contributed by atoms with E-state index in [1.54, 1.807) is 19.1 Å². The first-order valence-electron chi connectivity index (χ1n) is 8.41. The van der Waals surface area contributed by atoms with Crippen molar-refractivity contribution in [3.63, 3.8) is 0 Å². The predicted molar refractivity (Wildman–Crippen MR) is 95.2 cm³/mol. The van der Waals surface area contributed by atoms with E-state index in [9.17, 15) is 9.59 Å². The molecule has 130 valence electrons. The average molecular weight is 338 g/mol. The molecule has 2 aromatic carbocycles. The summed E-state index contributed by atoms with van der Waals surface area (Å²) in [6.45, 7) is 4.64. The molecule has 1 N–H and O–H groups in total. The molecule has 0 radical (unpaired) electrons. The van der Waals surface area contributed by atoms with Crippen molar-refractivity contribution in [3.8, 4) is 0 Å². The van der Waals surface area contributed by atoms with Gasteiger partial charge in [0.15, 0.2) is 0 Å². The largest absolute Gasteiger partial charge is 0.478 e. The minimum Gasteiger partial charge on any atom is -0.478 e. The Hall–Kier alpha value is -2.66. The highest BCUT2D eigenvalue weighted by molar-refractivity contribution is 5.87. The molecule has 0 bridgehead atoms. The van der Waals surface area contributed by atoms with Gasteiger partial charge in [0.05, 0.1) is 11.6 Å². The van der Waals surface area contributed by atoms with Crippen molar-refractivity contribution in [2.45, 2.75) is 19.5 Å². The first-order chi connectivity index (χ1) is 12.0. The zero-order chi connectivity index (χ0) is 17.8. The molecule has 1 aliphatic rings. The van der Waals surface area contributed by atoms with Crippen LogP contribution in [-0.2, 0) is 11.3 Å². The molecule has 0 unspecified atom stereocenters. The van der Waals surface area contributed by atoms with E-state index in [1.807, 2.05) is 35.2 Å². The fourth-order valence-corrected chi connectivity index (χ4v) is 3.33. The molecular formula is C20H22N2O3. The first-order valence-corrected chi connectivity index (χ1v) is 8.41. The summed E-state index contributed by atoms with van der Waals surface area (Å²) in [5.41, 5.74) is 2.52. The number of carboxylic acid groups (broad SMARTS) is 1. The Bertz CT molecular complexity index is 743. The quantitative estimate of drug-likeness (QED) is 0.931. The molecular weight excluding hydrogens is 316 g/mol. The maximum Gasteiger partial charge on any atom is 0.335 e. The summed E-state index contributed by atoms with van der Waals surface area (Å²) in [6.07, 6.45) is 0. The second-order valence-corrected chi connectivity index (χ2v) is 6.38. The van der Waals surface area contributed by atoms with Gasteiger partial charge in [0, 0.05) is 33.1 Å². The molecule has 1 fully saturated rings. The Kier molecular flexibility index (Phi) is 5.14. The van der Waals surface area contributed by atoms with Gasteiger partial charge in [-0.1, -0.05) is 42.5 Å². The van der Waals surface area contributed by atoms with Crippen molar-refractivity contribution in [3.05, 3.63) is 71.3 Å². The number of hydrogen-bond acceptors (Lipinski definition) is 3. The van der Waals surface area contributed by atoms with Gasteiger partial charge in [-0.05, 0) is 23.3 Å². The maximum absolute atomic E-state index is 12.0. The lowest BCUT2D eigenvalue weighted by molar-refractivity contribution is -0.134. The molecule has 5 nitrogen and oxygen atoms in total. The Morgan fingerprint density at radius 3 is 2.32 bits per heavy atom. The van der Waals surface area contributed by atoms with Crippen LogP contribution in [0.3, 0.4) is 0 Å². The molecule has 1 saturated heterocycles. The van der Waals surface area contributed by atoms with E-state index in [-0.39, 0.29) is 11.9 Å². The highest BCUT2D eigenvalue weighted by Gasteiger charge is 2.29. The standard InChI is InChI=1S/C20H22N2O3/c1-15(23)22-12-11-21(14-19(22)17-5-3-2-4-6-17)13-16-7-9-18(10-8-16)20(24)25/h2-10,19H,11-14H2,1H3,(H,24,25)/t19-/m1/s1. The van der Waals surface area contributed by atoms with Crippen molar-refractivity contribution < 1.29 is 14.7 Å². The number of aromatic carboxylic acids is 1. The lowest BCUT2D eigenvalue weighted by Crippen LogP contribution is -2.49. The van der Waals surface area contributed by atoms with Gasteiger partial charge in [0.25, 0.3) is 0 Å². The topological polar surface area (TPSA) is 60.9 Å². The van der Waals surface area contributed by atoms with E-state index in [1.165, 1.54) is 0 Å². The van der Waals surface area contributed by atoms with Crippen LogP contribution in [0.25, 0.3) is 0 Å². The molecule has 5 heteroatoms. The Labute approximate surface area is 147 Å². The second kappa shape index (κ2) is 7.49. The van der Waals surface area contributed by atoms with Crippen LogP contribution in [-0.4, -0.2) is 46.4 Å². The third-order valence-corrected chi connectivity index (χ3v) is 4.66. The normalized spacial score (nSPS) is 18.1. The zero-order valence-electron chi connectivity index (χ0n) is 14.3. The van der Waals surface area contributed by atoms with Crippen molar-refractivity contribution in [2.24, 2.45) is 0 Å². The highest BCUT2D eigenvalue weighted by atomic mass is 16.4. The van der Waals surface area contributed by atoms with Crippen molar-refractivity contribution in [1.29, 1.82) is 0 Å². The number of amides is 1. The van der Waals surface area contributed by atoms with Crippen LogP contribution >= 0.6 is 0 Å². The van der Waals surface area contributed by atoms with E-state index in [4.69, 9.17) is 5.11 Å². The van der Waals surface area contributed by atoms with Crippen LogP contribution in [0.2, 0.25) is 0 Å². The molecule has 1 amide bonds. The van der Waals surface area contributed by atoms with Gasteiger partial charge in [0.1, 0.15) is 0 Å². The number of benzene rings is 2. The number of nitrogens with zero attached hydrogens (tertiary/aromatic N) is 2. The monoisotopic (exact) mass is 338 g/mol. The van der Waals surface area contributed by atoms with E-state index in [0.717, 1.165) is 30.8 Å². The van der Waals surface area contributed by atoms with E-state index < -0.39 is 5.97 Å². The number of rotatable bonds is 4. The summed E-state index contributed by atoms with van der Waals surface area (Å²) in [6, 6.07) is 17.1. The molecule has 1 aliphatic heterocycles. The number of carbonyl (C=O) groups excluding carboxylic acids is 1. The smallest absolute Gasteiger partial charge is 0.335 e. The van der Waals surface area contributed by atoms with Crippen LogP contribution in [0.15, 0.2) is 54.6 Å². The average Bonchev–Trinajstić information content (AvgIpc) is 2.62. The van der Waals surface area contributed by atoms with Crippen molar-refractivity contribution in [1.82, 2.24) is 9.80 Å². The Morgan fingerprint density at radius 1 is 1.04 bits per heavy atom. The fraction of sp³-hybridized carbons (Fsp3) is 0.300. The first kappa shape index (κ1) is 17.2. The molecule has 0 spiro atoms. The summed E-state index contributed by atoms with van der Waals surface area (Å²) in [7, 11) is 0. The molecule has 1 heterocycles. The lowest BCUT2D eigenvalue weighted by atomic mass is 10.0. The van der Waals surface area contributed by atoms with Crippen LogP contribution in [0, 0.1) is 0 Å². The summed E-state index contributed by atoms with van der Waals surface area (Å²) >= 11 is 0. The molecule has 25 heavy (non-hydrogen) atoms. The molecule has 3 rings (SSSR count). The SMILES string of the molecule is CC(=O)N1CCN(Cc2ccc(C(=O)O)cc2)C[C@@H]1c1ccccc1. The minimum atomic E-state index is -0.911. The van der Waals surface area contributed by atoms with Gasteiger partial charge in [0.2, 0.25) is 5.91 Å². The van der Waals surface area contributed by atoms with Crippen molar-refractivity contribution in [2.75, 3.05) is 19.6 Å². The second-order valence-electron chi connectivity index (χ2n) is 6.38. The van der Waals surface area contributed by atoms with Crippen LogP contribution in [0.5, 0.6) is 0 Å². The van der Waals surface area contributed by atoms with Gasteiger partial charge >= 0.3 is 5.97 Å². The molecule has 0 aliphatic carbocycles. The van der Waals surface area contributed by atoms with Crippen LogP contribution in [0.1, 0.15) is 34.5 Å². The fourth-order valence-electron chi connectivity index (χ4n) is 3.33. The summed E-state index contributed by atoms with van der Waals surface area (Å²) in [4.78, 5) is 27.2. The number of carbonyl (C=O) groups is 2. The maximum atomic E-state index is 12.0. The number of carboxylic acids is 1. The Morgan fingerprint density at radius 2 is 1.72 bits per heavy atom.